The summed E-state index contributed by atoms with van der Waals surface area (Å²) in [5.41, 5.74) is 2.19. The van der Waals surface area contributed by atoms with E-state index in [1.165, 1.54) is 18.2 Å². The molecule has 0 bridgehead atoms. The molecule has 0 radical (unpaired) electrons. The van der Waals surface area contributed by atoms with Gasteiger partial charge in [0, 0.05) is 11.5 Å². The molecule has 1 unspecified atom stereocenters. The van der Waals surface area contributed by atoms with Crippen molar-refractivity contribution >= 4 is 5.97 Å². The topological polar surface area (TPSA) is 48.7 Å². The van der Waals surface area contributed by atoms with Gasteiger partial charge in [0.2, 0.25) is 5.76 Å². The third-order valence-corrected chi connectivity index (χ3v) is 5.25. The SMILES string of the molecule is CCC(CC)(c1ccc2c(c1)C(C)CO2)c1ccc(C(=O)OC)o1. The molecule has 0 N–H and O–H groups in total. The van der Waals surface area contributed by atoms with E-state index < -0.39 is 5.97 Å². The van der Waals surface area contributed by atoms with Gasteiger partial charge in [-0.25, -0.2) is 4.79 Å². The average Bonchev–Trinajstić information content (AvgIpc) is 3.24. The second-order valence-corrected chi connectivity index (χ2v) is 6.41. The van der Waals surface area contributed by atoms with Crippen LogP contribution < -0.4 is 4.74 Å². The number of fused-ring (bicyclic) bond motifs is 1. The first-order valence-corrected chi connectivity index (χ1v) is 8.51. The molecule has 0 saturated carbocycles. The van der Waals surface area contributed by atoms with E-state index in [4.69, 9.17) is 13.9 Å². The Morgan fingerprint density at radius 1 is 1.25 bits per heavy atom. The largest absolute Gasteiger partial charge is 0.493 e. The lowest BCUT2D eigenvalue weighted by atomic mass is 9.73. The molecule has 0 aliphatic carbocycles. The highest BCUT2D eigenvalue weighted by molar-refractivity contribution is 5.86. The van der Waals surface area contributed by atoms with Gasteiger partial charge in [-0.3, -0.25) is 0 Å². The number of rotatable bonds is 5. The van der Waals surface area contributed by atoms with E-state index in [2.05, 4.69) is 39.0 Å². The second-order valence-electron chi connectivity index (χ2n) is 6.41. The van der Waals surface area contributed by atoms with E-state index in [-0.39, 0.29) is 11.2 Å². The minimum Gasteiger partial charge on any atom is -0.493 e. The summed E-state index contributed by atoms with van der Waals surface area (Å²) in [5, 5.41) is 0. The van der Waals surface area contributed by atoms with Gasteiger partial charge in [0.05, 0.1) is 19.1 Å². The molecule has 1 aromatic carbocycles. The monoisotopic (exact) mass is 328 g/mol. The van der Waals surface area contributed by atoms with Gasteiger partial charge in [0.25, 0.3) is 0 Å². The lowest BCUT2D eigenvalue weighted by Gasteiger charge is -2.30. The number of carbonyl (C=O) groups is 1. The van der Waals surface area contributed by atoms with Crippen molar-refractivity contribution < 1.29 is 18.7 Å². The molecule has 1 aromatic heterocycles. The summed E-state index contributed by atoms with van der Waals surface area (Å²) < 4.78 is 16.4. The Labute approximate surface area is 142 Å². The van der Waals surface area contributed by atoms with Crippen LogP contribution in [0.5, 0.6) is 5.75 Å². The van der Waals surface area contributed by atoms with Gasteiger partial charge in [-0.2, -0.15) is 0 Å². The van der Waals surface area contributed by atoms with Gasteiger partial charge in [-0.1, -0.05) is 32.9 Å². The Balaban J connectivity index is 2.07. The van der Waals surface area contributed by atoms with Gasteiger partial charge in [0.1, 0.15) is 11.5 Å². The predicted molar refractivity (Wildman–Crippen MR) is 91.8 cm³/mol. The fourth-order valence-corrected chi connectivity index (χ4v) is 3.62. The van der Waals surface area contributed by atoms with Crippen LogP contribution in [0.2, 0.25) is 0 Å². The van der Waals surface area contributed by atoms with Crippen molar-refractivity contribution in [3.8, 4) is 5.75 Å². The Morgan fingerprint density at radius 3 is 2.67 bits per heavy atom. The maximum atomic E-state index is 11.7. The molecule has 0 saturated heterocycles. The number of carbonyl (C=O) groups excluding carboxylic acids is 1. The van der Waals surface area contributed by atoms with Gasteiger partial charge < -0.3 is 13.9 Å². The van der Waals surface area contributed by atoms with E-state index in [9.17, 15) is 4.79 Å². The molecule has 1 atom stereocenters. The molecule has 2 heterocycles. The standard InChI is InChI=1S/C20H24O4/c1-5-20(6-2,18-10-9-17(24-18)19(21)22-4)14-7-8-16-15(11-14)13(3)12-23-16/h7-11,13H,5-6,12H2,1-4H3. The third kappa shape index (κ3) is 2.50. The molecule has 24 heavy (non-hydrogen) atoms. The van der Waals surface area contributed by atoms with Crippen molar-refractivity contribution in [1.29, 1.82) is 0 Å². The highest BCUT2D eigenvalue weighted by Crippen LogP contribution is 2.43. The molecule has 3 rings (SSSR count). The van der Waals surface area contributed by atoms with Crippen molar-refractivity contribution in [2.75, 3.05) is 13.7 Å². The van der Waals surface area contributed by atoms with Crippen molar-refractivity contribution in [3.63, 3.8) is 0 Å². The molecule has 128 valence electrons. The fraction of sp³-hybridized carbons (Fsp3) is 0.450. The van der Waals surface area contributed by atoms with Crippen molar-refractivity contribution in [3.05, 3.63) is 53.0 Å². The van der Waals surface area contributed by atoms with Crippen LogP contribution in [-0.4, -0.2) is 19.7 Å². The Morgan fingerprint density at radius 2 is 2.00 bits per heavy atom. The predicted octanol–water partition coefficient (Wildman–Crippen LogP) is 4.67. The molecular weight excluding hydrogens is 304 g/mol. The van der Waals surface area contributed by atoms with E-state index in [0.29, 0.717) is 5.92 Å². The zero-order valence-electron chi connectivity index (χ0n) is 14.7. The van der Waals surface area contributed by atoms with Crippen LogP contribution in [0.15, 0.2) is 34.7 Å². The summed E-state index contributed by atoms with van der Waals surface area (Å²) in [6, 6.07) is 10.00. The zero-order chi connectivity index (χ0) is 17.3. The van der Waals surface area contributed by atoms with Gasteiger partial charge >= 0.3 is 5.97 Å². The summed E-state index contributed by atoms with van der Waals surface area (Å²) in [6.07, 6.45) is 1.76. The second kappa shape index (κ2) is 6.34. The van der Waals surface area contributed by atoms with E-state index in [1.54, 1.807) is 6.07 Å². The minimum atomic E-state index is -0.446. The van der Waals surface area contributed by atoms with Crippen LogP contribution in [0, 0.1) is 0 Å². The van der Waals surface area contributed by atoms with Gasteiger partial charge in [-0.15, -0.1) is 0 Å². The smallest absolute Gasteiger partial charge is 0.373 e. The molecule has 2 aromatic rings. The maximum Gasteiger partial charge on any atom is 0.373 e. The number of furan rings is 1. The number of ether oxygens (including phenoxy) is 2. The van der Waals surface area contributed by atoms with Gasteiger partial charge in [0.15, 0.2) is 0 Å². The van der Waals surface area contributed by atoms with E-state index in [1.807, 2.05) is 6.07 Å². The van der Waals surface area contributed by atoms with E-state index >= 15 is 0 Å². The molecule has 0 fully saturated rings. The summed E-state index contributed by atoms with van der Waals surface area (Å²) in [6.45, 7) is 7.21. The van der Waals surface area contributed by atoms with Crippen LogP contribution in [0.1, 0.15) is 67.0 Å². The van der Waals surface area contributed by atoms with Crippen LogP contribution in [0.25, 0.3) is 0 Å². The molecule has 1 aliphatic heterocycles. The van der Waals surface area contributed by atoms with Gasteiger partial charge in [-0.05, 0) is 36.6 Å². The first-order chi connectivity index (χ1) is 11.6. The van der Waals surface area contributed by atoms with Crippen LogP contribution in [0.3, 0.4) is 0 Å². The van der Waals surface area contributed by atoms with Crippen molar-refractivity contribution in [2.24, 2.45) is 0 Å². The third-order valence-electron chi connectivity index (χ3n) is 5.25. The first-order valence-electron chi connectivity index (χ1n) is 8.51. The first kappa shape index (κ1) is 16.6. The summed E-state index contributed by atoms with van der Waals surface area (Å²) in [7, 11) is 1.36. The highest BCUT2D eigenvalue weighted by Gasteiger charge is 2.36. The van der Waals surface area contributed by atoms with Crippen LogP contribution in [-0.2, 0) is 10.2 Å². The number of hydrogen-bond acceptors (Lipinski definition) is 4. The zero-order valence-corrected chi connectivity index (χ0v) is 14.7. The Hall–Kier alpha value is -2.23. The maximum absolute atomic E-state index is 11.7. The molecule has 1 aliphatic rings. The highest BCUT2D eigenvalue weighted by atomic mass is 16.5. The molecule has 4 heteroatoms. The summed E-state index contributed by atoms with van der Waals surface area (Å²) >= 11 is 0. The summed E-state index contributed by atoms with van der Waals surface area (Å²) in [4.78, 5) is 11.7. The van der Waals surface area contributed by atoms with Crippen LogP contribution >= 0.6 is 0 Å². The molecule has 4 nitrogen and oxygen atoms in total. The van der Waals surface area contributed by atoms with Crippen molar-refractivity contribution in [2.45, 2.75) is 44.9 Å². The normalized spacial score (nSPS) is 16.6. The number of hydrogen-bond donors (Lipinski definition) is 0. The number of methoxy groups -OCH3 is 1. The van der Waals surface area contributed by atoms with Crippen molar-refractivity contribution in [1.82, 2.24) is 0 Å². The quantitative estimate of drug-likeness (QED) is 0.749. The lowest BCUT2D eigenvalue weighted by molar-refractivity contribution is 0.0560. The number of esters is 1. The number of benzene rings is 1. The Bertz CT molecular complexity index is 740. The minimum absolute atomic E-state index is 0.247. The van der Waals surface area contributed by atoms with Crippen LogP contribution in [0.4, 0.5) is 0 Å². The molecule has 0 spiro atoms. The van der Waals surface area contributed by atoms with E-state index in [0.717, 1.165) is 31.0 Å². The molecular formula is C20H24O4. The summed E-state index contributed by atoms with van der Waals surface area (Å²) in [5.74, 6) is 1.98. The average molecular weight is 328 g/mol. The molecule has 0 amide bonds. The fourth-order valence-electron chi connectivity index (χ4n) is 3.62. The lowest BCUT2D eigenvalue weighted by Crippen LogP contribution is -2.25. The Kier molecular flexibility index (Phi) is 4.39.